The van der Waals surface area contributed by atoms with Gasteiger partial charge in [-0.2, -0.15) is 0 Å². The molecule has 4 atom stereocenters. The first-order chi connectivity index (χ1) is 11.8. The first kappa shape index (κ1) is 19.6. The molecule has 3 N–H and O–H groups in total. The largest absolute Gasteiger partial charge is 0.327 e. The predicted octanol–water partition coefficient (Wildman–Crippen LogP) is 3.41. The van der Waals surface area contributed by atoms with E-state index in [1.165, 1.54) is 0 Å². The third-order valence-electron chi connectivity index (χ3n) is 5.35. The molecule has 5 nitrogen and oxygen atoms in total. The molecule has 1 aromatic heterocycles. The van der Waals surface area contributed by atoms with Gasteiger partial charge < -0.3 is 15.8 Å². The van der Waals surface area contributed by atoms with Crippen molar-refractivity contribution in [2.75, 3.05) is 5.32 Å². The molecule has 0 bridgehead atoms. The summed E-state index contributed by atoms with van der Waals surface area (Å²) in [6.07, 6.45) is 8.28. The molecule has 1 aliphatic rings. The van der Waals surface area contributed by atoms with Gasteiger partial charge in [-0.1, -0.05) is 20.8 Å². The first-order valence-electron chi connectivity index (χ1n) is 9.24. The van der Waals surface area contributed by atoms with Gasteiger partial charge in [0.25, 0.3) is 0 Å². The standard InChI is InChI=1S/C20H31N3O2/c1-14(2)10-15-11-16(18(21)6-9-24)13-20(3,12-15)19(25)23-17-4-7-22-8-5-17/h4-5,7-9,14-16,18H,6,10-13,21H2,1-3H3,(H,22,23,25). The molecular formula is C20H31N3O2. The summed E-state index contributed by atoms with van der Waals surface area (Å²) in [5.74, 6) is 1.29. The van der Waals surface area contributed by atoms with Gasteiger partial charge in [0.15, 0.2) is 0 Å². The predicted molar refractivity (Wildman–Crippen MR) is 99.9 cm³/mol. The molecule has 25 heavy (non-hydrogen) atoms. The Kier molecular flexibility index (Phi) is 6.71. The summed E-state index contributed by atoms with van der Waals surface area (Å²) in [7, 11) is 0. The lowest BCUT2D eigenvalue weighted by Crippen LogP contribution is -2.45. The average molecular weight is 345 g/mol. The van der Waals surface area contributed by atoms with Crippen molar-refractivity contribution >= 4 is 17.9 Å². The number of nitrogens with zero attached hydrogens (tertiary/aromatic N) is 1. The highest BCUT2D eigenvalue weighted by Crippen LogP contribution is 2.46. The van der Waals surface area contributed by atoms with Crippen molar-refractivity contribution in [2.24, 2.45) is 28.9 Å². The highest BCUT2D eigenvalue weighted by molar-refractivity contribution is 5.95. The fourth-order valence-electron chi connectivity index (χ4n) is 4.27. The van der Waals surface area contributed by atoms with Crippen molar-refractivity contribution in [2.45, 2.75) is 58.9 Å². The van der Waals surface area contributed by atoms with Crippen LogP contribution in [0.4, 0.5) is 5.69 Å². The number of carbonyl (C=O) groups excluding carboxylic acids is 2. The Morgan fingerprint density at radius 2 is 2.08 bits per heavy atom. The van der Waals surface area contributed by atoms with E-state index in [0.29, 0.717) is 18.3 Å². The molecule has 0 radical (unpaired) electrons. The summed E-state index contributed by atoms with van der Waals surface area (Å²) >= 11 is 0. The summed E-state index contributed by atoms with van der Waals surface area (Å²) in [5, 5.41) is 3.03. The van der Waals surface area contributed by atoms with Crippen molar-refractivity contribution in [3.63, 3.8) is 0 Å². The van der Waals surface area contributed by atoms with Gasteiger partial charge >= 0.3 is 0 Å². The van der Waals surface area contributed by atoms with E-state index in [9.17, 15) is 9.59 Å². The molecule has 5 heteroatoms. The third-order valence-corrected chi connectivity index (χ3v) is 5.35. The lowest BCUT2D eigenvalue weighted by molar-refractivity contribution is -0.128. The van der Waals surface area contributed by atoms with Gasteiger partial charge in [0, 0.05) is 36.0 Å². The van der Waals surface area contributed by atoms with Crippen molar-refractivity contribution in [3.05, 3.63) is 24.5 Å². The normalized spacial score (nSPS) is 27.7. The average Bonchev–Trinajstić information content (AvgIpc) is 2.55. The maximum atomic E-state index is 13.0. The third kappa shape index (κ3) is 5.36. The van der Waals surface area contributed by atoms with Crippen LogP contribution in [-0.4, -0.2) is 23.2 Å². The van der Waals surface area contributed by atoms with Crippen LogP contribution in [0.3, 0.4) is 0 Å². The fourth-order valence-corrected chi connectivity index (χ4v) is 4.27. The zero-order chi connectivity index (χ0) is 18.4. The van der Waals surface area contributed by atoms with Crippen LogP contribution in [0, 0.1) is 23.2 Å². The number of anilines is 1. The van der Waals surface area contributed by atoms with Crippen LogP contribution in [0.25, 0.3) is 0 Å². The van der Waals surface area contributed by atoms with Crippen LogP contribution in [-0.2, 0) is 9.59 Å². The Bertz CT molecular complexity index is 576. The van der Waals surface area contributed by atoms with E-state index in [-0.39, 0.29) is 17.9 Å². The van der Waals surface area contributed by atoms with E-state index in [1.807, 2.05) is 6.92 Å². The van der Waals surface area contributed by atoms with E-state index in [4.69, 9.17) is 5.73 Å². The Hall–Kier alpha value is -1.75. The monoisotopic (exact) mass is 345 g/mol. The highest BCUT2D eigenvalue weighted by atomic mass is 16.2. The van der Waals surface area contributed by atoms with Crippen LogP contribution in [0.5, 0.6) is 0 Å². The lowest BCUT2D eigenvalue weighted by Gasteiger charge is -2.43. The number of aromatic nitrogens is 1. The molecule has 0 aliphatic heterocycles. The van der Waals surface area contributed by atoms with Crippen LogP contribution < -0.4 is 11.1 Å². The number of nitrogens with one attached hydrogen (secondary N) is 1. The van der Waals surface area contributed by atoms with E-state index < -0.39 is 5.41 Å². The first-order valence-corrected chi connectivity index (χ1v) is 9.24. The summed E-state index contributed by atoms with van der Waals surface area (Å²) in [6, 6.07) is 3.43. The van der Waals surface area contributed by atoms with Crippen molar-refractivity contribution in [1.29, 1.82) is 0 Å². The van der Waals surface area contributed by atoms with Gasteiger partial charge in [0.05, 0.1) is 0 Å². The van der Waals surface area contributed by atoms with Gasteiger partial charge in [0.1, 0.15) is 6.29 Å². The van der Waals surface area contributed by atoms with Crippen LogP contribution in [0.1, 0.15) is 52.9 Å². The molecular weight excluding hydrogens is 314 g/mol. The Morgan fingerprint density at radius 3 is 2.68 bits per heavy atom. The smallest absolute Gasteiger partial charge is 0.230 e. The second kappa shape index (κ2) is 8.56. The van der Waals surface area contributed by atoms with Crippen molar-refractivity contribution in [1.82, 2.24) is 4.98 Å². The number of nitrogens with two attached hydrogens (primary N) is 1. The van der Waals surface area contributed by atoms with Crippen molar-refractivity contribution < 1.29 is 9.59 Å². The molecule has 1 fully saturated rings. The maximum Gasteiger partial charge on any atom is 0.230 e. The number of hydrogen-bond donors (Lipinski definition) is 2. The molecule has 1 aromatic rings. The van der Waals surface area contributed by atoms with E-state index in [1.54, 1.807) is 24.5 Å². The number of carbonyl (C=O) groups is 2. The minimum absolute atomic E-state index is 0.0375. The van der Waals surface area contributed by atoms with Crippen LogP contribution in [0.2, 0.25) is 0 Å². The molecule has 1 amide bonds. The minimum atomic E-state index is -0.466. The molecule has 0 spiro atoms. The molecule has 0 aromatic carbocycles. The summed E-state index contributed by atoms with van der Waals surface area (Å²) in [4.78, 5) is 27.9. The Morgan fingerprint density at radius 1 is 1.40 bits per heavy atom. The number of pyridine rings is 1. The van der Waals surface area contributed by atoms with E-state index >= 15 is 0 Å². The molecule has 0 saturated heterocycles. The zero-order valence-electron chi connectivity index (χ0n) is 15.6. The van der Waals surface area contributed by atoms with Gasteiger partial charge in [-0.15, -0.1) is 0 Å². The van der Waals surface area contributed by atoms with Gasteiger partial charge in [-0.3, -0.25) is 9.78 Å². The SMILES string of the molecule is CC(C)CC1CC(C(N)CC=O)CC(C)(C(=O)Nc2ccncc2)C1. The topological polar surface area (TPSA) is 85.1 Å². The van der Waals surface area contributed by atoms with E-state index in [2.05, 4.69) is 24.1 Å². The maximum absolute atomic E-state index is 13.0. The molecule has 4 unspecified atom stereocenters. The number of rotatable bonds is 7. The second-order valence-electron chi connectivity index (χ2n) is 8.22. The van der Waals surface area contributed by atoms with Gasteiger partial charge in [-0.25, -0.2) is 0 Å². The lowest BCUT2D eigenvalue weighted by atomic mass is 9.62. The Balaban J connectivity index is 2.16. The molecule has 2 rings (SSSR count). The van der Waals surface area contributed by atoms with Gasteiger partial charge in [-0.05, 0) is 55.6 Å². The summed E-state index contributed by atoms with van der Waals surface area (Å²) in [5.41, 5.74) is 6.55. The minimum Gasteiger partial charge on any atom is -0.327 e. The molecule has 138 valence electrons. The fraction of sp³-hybridized carbons (Fsp3) is 0.650. The van der Waals surface area contributed by atoms with Crippen molar-refractivity contribution in [3.8, 4) is 0 Å². The van der Waals surface area contributed by atoms with E-state index in [0.717, 1.165) is 37.7 Å². The number of amides is 1. The van der Waals surface area contributed by atoms with Crippen LogP contribution >= 0.6 is 0 Å². The molecule has 1 saturated carbocycles. The Labute approximate surface area is 150 Å². The molecule has 1 heterocycles. The van der Waals surface area contributed by atoms with Gasteiger partial charge in [0.2, 0.25) is 5.91 Å². The molecule has 1 aliphatic carbocycles. The summed E-state index contributed by atoms with van der Waals surface area (Å²) < 4.78 is 0. The zero-order valence-corrected chi connectivity index (χ0v) is 15.6. The van der Waals surface area contributed by atoms with Crippen LogP contribution in [0.15, 0.2) is 24.5 Å². The number of aldehydes is 1. The number of hydrogen-bond acceptors (Lipinski definition) is 4. The highest BCUT2D eigenvalue weighted by Gasteiger charge is 2.43. The summed E-state index contributed by atoms with van der Waals surface area (Å²) in [6.45, 7) is 6.46. The second-order valence-corrected chi connectivity index (χ2v) is 8.22. The quantitative estimate of drug-likeness (QED) is 0.742.